The van der Waals surface area contributed by atoms with Gasteiger partial charge in [-0.15, -0.1) is 0 Å². The summed E-state index contributed by atoms with van der Waals surface area (Å²) in [4.78, 5) is 38.1. The molecular formula is C58H112O6. The molecule has 0 aliphatic rings. The molecule has 3 atom stereocenters. The lowest BCUT2D eigenvalue weighted by molar-refractivity contribution is -0.167. The summed E-state index contributed by atoms with van der Waals surface area (Å²) in [5.41, 5.74) is 0. The van der Waals surface area contributed by atoms with Gasteiger partial charge < -0.3 is 14.2 Å². The van der Waals surface area contributed by atoms with Crippen LogP contribution in [0.15, 0.2) is 0 Å². The zero-order valence-corrected chi connectivity index (χ0v) is 43.9. The Kier molecular flexibility index (Phi) is 49.6. The van der Waals surface area contributed by atoms with E-state index >= 15 is 0 Å². The largest absolute Gasteiger partial charge is 0.462 e. The molecule has 0 aromatic rings. The van der Waals surface area contributed by atoms with Crippen LogP contribution in [0.25, 0.3) is 0 Å². The van der Waals surface area contributed by atoms with E-state index in [2.05, 4.69) is 34.6 Å². The van der Waals surface area contributed by atoms with E-state index in [0.29, 0.717) is 19.3 Å². The third-order valence-corrected chi connectivity index (χ3v) is 13.9. The van der Waals surface area contributed by atoms with Gasteiger partial charge in [-0.25, -0.2) is 0 Å². The van der Waals surface area contributed by atoms with Crippen molar-refractivity contribution in [1.82, 2.24) is 0 Å². The minimum atomic E-state index is -0.763. The fourth-order valence-electron chi connectivity index (χ4n) is 8.81. The highest BCUT2D eigenvalue weighted by molar-refractivity contribution is 5.71. The van der Waals surface area contributed by atoms with Crippen molar-refractivity contribution in [3.8, 4) is 0 Å². The summed E-state index contributed by atoms with van der Waals surface area (Å²) in [5.74, 6) is 0.895. The molecule has 0 fully saturated rings. The molecule has 0 aromatic heterocycles. The molecule has 6 nitrogen and oxygen atoms in total. The third-order valence-electron chi connectivity index (χ3n) is 13.9. The SMILES string of the molecule is CCCCCCCCCCCCCCCCCCCCC(=O)OC[C@H](COC(=O)CCCCCCCCCCCCC(C)CC)OC(=O)CCCCCCCCCCCCC(C)CC. The highest BCUT2D eigenvalue weighted by Gasteiger charge is 2.19. The van der Waals surface area contributed by atoms with Crippen LogP contribution in [-0.2, 0) is 28.6 Å². The van der Waals surface area contributed by atoms with Gasteiger partial charge in [0.25, 0.3) is 0 Å². The molecule has 0 aromatic carbocycles. The summed E-state index contributed by atoms with van der Waals surface area (Å²) in [6.45, 7) is 11.4. The number of ether oxygens (including phenoxy) is 3. The van der Waals surface area contributed by atoms with E-state index in [1.54, 1.807) is 0 Å². The maximum atomic E-state index is 12.8. The van der Waals surface area contributed by atoms with Gasteiger partial charge in [0.1, 0.15) is 13.2 Å². The molecule has 0 bridgehead atoms. The summed E-state index contributed by atoms with van der Waals surface area (Å²) in [6, 6.07) is 0. The number of unbranched alkanes of at least 4 members (excludes halogenated alkanes) is 35. The van der Waals surface area contributed by atoms with Gasteiger partial charge in [0, 0.05) is 19.3 Å². The van der Waals surface area contributed by atoms with E-state index in [0.717, 1.165) is 69.6 Å². The molecule has 0 spiro atoms. The standard InChI is InChI=1S/C58H112O6/c1-6-9-10-11-12-13-14-15-16-17-18-19-20-21-28-33-38-43-48-56(59)62-51-55(64-58(61)50-45-40-35-30-25-23-27-32-37-42-47-54(5)8-3)52-63-57(60)49-44-39-34-29-24-22-26-31-36-41-46-53(4)7-2/h53-55H,6-52H2,1-5H3/t53?,54?,55-/m1/s1. The van der Waals surface area contributed by atoms with Crippen molar-refractivity contribution in [2.45, 2.75) is 330 Å². The summed E-state index contributed by atoms with van der Waals surface area (Å²) in [6.07, 6.45) is 53.6. The fraction of sp³-hybridized carbons (Fsp3) is 0.948. The average Bonchev–Trinajstić information content (AvgIpc) is 3.29. The highest BCUT2D eigenvalue weighted by Crippen LogP contribution is 2.19. The van der Waals surface area contributed by atoms with E-state index in [9.17, 15) is 14.4 Å². The Labute approximate surface area is 399 Å². The van der Waals surface area contributed by atoms with Crippen molar-refractivity contribution >= 4 is 17.9 Å². The molecule has 380 valence electrons. The topological polar surface area (TPSA) is 78.9 Å². The molecule has 0 saturated carbocycles. The molecule has 0 aliphatic carbocycles. The molecule has 0 N–H and O–H groups in total. The first-order valence-electron chi connectivity index (χ1n) is 28.8. The van der Waals surface area contributed by atoms with Crippen molar-refractivity contribution < 1.29 is 28.6 Å². The quantitative estimate of drug-likeness (QED) is 0.0344. The van der Waals surface area contributed by atoms with E-state index < -0.39 is 6.10 Å². The molecule has 0 amide bonds. The van der Waals surface area contributed by atoms with Gasteiger partial charge >= 0.3 is 17.9 Å². The second-order valence-electron chi connectivity index (χ2n) is 20.4. The Balaban J connectivity index is 4.30. The van der Waals surface area contributed by atoms with Crippen molar-refractivity contribution in [3.05, 3.63) is 0 Å². The molecule has 2 unspecified atom stereocenters. The van der Waals surface area contributed by atoms with Crippen LogP contribution in [0, 0.1) is 11.8 Å². The molecule has 0 rings (SSSR count). The van der Waals surface area contributed by atoms with Crippen LogP contribution in [0.1, 0.15) is 324 Å². The van der Waals surface area contributed by atoms with Gasteiger partial charge in [0.05, 0.1) is 0 Å². The maximum absolute atomic E-state index is 12.8. The van der Waals surface area contributed by atoms with Crippen LogP contribution in [0.2, 0.25) is 0 Å². The second kappa shape index (κ2) is 50.8. The average molecular weight is 906 g/mol. The first-order chi connectivity index (χ1) is 31.3. The number of hydrogen-bond acceptors (Lipinski definition) is 6. The first kappa shape index (κ1) is 62.4. The lowest BCUT2D eigenvalue weighted by atomic mass is 9.99. The van der Waals surface area contributed by atoms with Gasteiger partial charge in [-0.1, -0.05) is 285 Å². The Morgan fingerprint density at radius 3 is 0.812 bits per heavy atom. The molecule has 0 saturated heterocycles. The first-order valence-corrected chi connectivity index (χ1v) is 28.8. The Morgan fingerprint density at radius 2 is 0.547 bits per heavy atom. The Bertz CT molecular complexity index is 982. The van der Waals surface area contributed by atoms with Gasteiger partial charge in [0.15, 0.2) is 6.10 Å². The number of esters is 3. The van der Waals surface area contributed by atoms with Crippen LogP contribution in [0.3, 0.4) is 0 Å². The molecule has 0 heterocycles. The van der Waals surface area contributed by atoms with Crippen molar-refractivity contribution in [3.63, 3.8) is 0 Å². The summed E-state index contributed by atoms with van der Waals surface area (Å²) in [5, 5.41) is 0. The Hall–Kier alpha value is -1.59. The van der Waals surface area contributed by atoms with E-state index in [1.807, 2.05) is 0 Å². The molecule has 0 radical (unpaired) electrons. The summed E-state index contributed by atoms with van der Waals surface area (Å²) < 4.78 is 16.9. The second-order valence-corrected chi connectivity index (χ2v) is 20.4. The van der Waals surface area contributed by atoms with E-state index in [1.165, 1.54) is 212 Å². The Morgan fingerprint density at radius 1 is 0.312 bits per heavy atom. The lowest BCUT2D eigenvalue weighted by Gasteiger charge is -2.18. The van der Waals surface area contributed by atoms with Gasteiger partial charge in [-0.05, 0) is 31.1 Å². The van der Waals surface area contributed by atoms with Crippen LogP contribution in [0.5, 0.6) is 0 Å². The predicted molar refractivity (Wildman–Crippen MR) is 275 cm³/mol. The normalized spacial score (nSPS) is 12.9. The minimum Gasteiger partial charge on any atom is -0.462 e. The zero-order chi connectivity index (χ0) is 46.8. The number of carbonyl (C=O) groups is 3. The van der Waals surface area contributed by atoms with Gasteiger partial charge in [0.2, 0.25) is 0 Å². The van der Waals surface area contributed by atoms with Crippen LogP contribution in [-0.4, -0.2) is 37.2 Å². The van der Waals surface area contributed by atoms with Gasteiger partial charge in [-0.3, -0.25) is 14.4 Å². The fourth-order valence-corrected chi connectivity index (χ4v) is 8.81. The van der Waals surface area contributed by atoms with Crippen molar-refractivity contribution in [2.75, 3.05) is 13.2 Å². The predicted octanol–water partition coefficient (Wildman–Crippen LogP) is 18.9. The third kappa shape index (κ3) is 48.3. The zero-order valence-electron chi connectivity index (χ0n) is 43.9. The highest BCUT2D eigenvalue weighted by atomic mass is 16.6. The van der Waals surface area contributed by atoms with E-state index in [4.69, 9.17) is 14.2 Å². The van der Waals surface area contributed by atoms with Crippen LogP contribution < -0.4 is 0 Å². The molecular weight excluding hydrogens is 793 g/mol. The van der Waals surface area contributed by atoms with Crippen molar-refractivity contribution in [1.29, 1.82) is 0 Å². The minimum absolute atomic E-state index is 0.0631. The summed E-state index contributed by atoms with van der Waals surface area (Å²) in [7, 11) is 0. The number of carbonyl (C=O) groups excluding carboxylic acids is 3. The van der Waals surface area contributed by atoms with Crippen LogP contribution in [0.4, 0.5) is 0 Å². The smallest absolute Gasteiger partial charge is 0.306 e. The number of rotatable bonds is 52. The number of hydrogen-bond donors (Lipinski definition) is 0. The molecule has 6 heteroatoms. The van der Waals surface area contributed by atoms with Crippen molar-refractivity contribution in [2.24, 2.45) is 11.8 Å². The summed E-state index contributed by atoms with van der Waals surface area (Å²) >= 11 is 0. The van der Waals surface area contributed by atoms with Crippen LogP contribution >= 0.6 is 0 Å². The molecule has 64 heavy (non-hydrogen) atoms. The van der Waals surface area contributed by atoms with E-state index in [-0.39, 0.29) is 31.1 Å². The lowest BCUT2D eigenvalue weighted by Crippen LogP contribution is -2.30. The van der Waals surface area contributed by atoms with Gasteiger partial charge in [-0.2, -0.15) is 0 Å². The monoisotopic (exact) mass is 905 g/mol. The molecule has 0 aliphatic heterocycles. The maximum Gasteiger partial charge on any atom is 0.306 e.